The fourth-order valence-corrected chi connectivity index (χ4v) is 3.89. The van der Waals surface area contributed by atoms with Crippen molar-refractivity contribution in [3.05, 3.63) is 41.4 Å². The lowest BCUT2D eigenvalue weighted by Crippen LogP contribution is -2.39. The van der Waals surface area contributed by atoms with Gasteiger partial charge in [-0.1, -0.05) is 30.3 Å². The Morgan fingerprint density at radius 1 is 1.38 bits per heavy atom. The molecule has 0 radical (unpaired) electrons. The van der Waals surface area contributed by atoms with Crippen LogP contribution in [0.3, 0.4) is 0 Å². The first-order chi connectivity index (χ1) is 12.6. The minimum absolute atomic E-state index is 0.137. The highest BCUT2D eigenvalue weighted by Crippen LogP contribution is 2.23. The second-order valence-electron chi connectivity index (χ2n) is 6.55. The molecule has 0 spiro atoms. The molecule has 0 unspecified atom stereocenters. The molecule has 1 N–H and O–H groups in total. The molecule has 7 heteroatoms. The van der Waals surface area contributed by atoms with E-state index in [1.807, 2.05) is 47.5 Å². The smallest absolute Gasteiger partial charge is 0.317 e. The van der Waals surface area contributed by atoms with Gasteiger partial charge in [-0.15, -0.1) is 11.3 Å². The Hall–Kier alpha value is -2.41. The van der Waals surface area contributed by atoms with Gasteiger partial charge in [-0.25, -0.2) is 9.78 Å². The number of benzene rings is 1. The fraction of sp³-hybridized carbons (Fsp3) is 0.421. The van der Waals surface area contributed by atoms with Crippen LogP contribution >= 0.6 is 11.3 Å². The molecule has 1 aliphatic rings. The number of likely N-dealkylation sites (tertiary alicyclic amines) is 1. The highest BCUT2D eigenvalue weighted by molar-refractivity contribution is 7.13. The Morgan fingerprint density at radius 3 is 2.85 bits per heavy atom. The van der Waals surface area contributed by atoms with Gasteiger partial charge in [-0.3, -0.25) is 4.79 Å². The molecule has 0 bridgehead atoms. The minimum atomic E-state index is -0.137. The van der Waals surface area contributed by atoms with Crippen LogP contribution in [-0.4, -0.2) is 53.4 Å². The third-order valence-corrected chi connectivity index (χ3v) is 5.48. The number of urea groups is 1. The van der Waals surface area contributed by atoms with Crippen LogP contribution in [0.1, 0.15) is 19.0 Å². The van der Waals surface area contributed by atoms with E-state index in [0.29, 0.717) is 19.5 Å². The van der Waals surface area contributed by atoms with Gasteiger partial charge in [-0.05, 0) is 6.92 Å². The van der Waals surface area contributed by atoms with Crippen molar-refractivity contribution in [2.24, 2.45) is 5.92 Å². The SMILES string of the molecule is CCN1C[C@H](CNC(=O)N(C)Cc2csc(-c3ccccc3)n2)CC1=O. The van der Waals surface area contributed by atoms with Gasteiger partial charge >= 0.3 is 6.03 Å². The van der Waals surface area contributed by atoms with Crippen LogP contribution in [0.15, 0.2) is 35.7 Å². The third-order valence-electron chi connectivity index (χ3n) is 4.54. The predicted octanol–water partition coefficient (Wildman–Crippen LogP) is 2.82. The van der Waals surface area contributed by atoms with Crippen LogP contribution in [0.2, 0.25) is 0 Å². The lowest BCUT2D eigenvalue weighted by molar-refractivity contribution is -0.127. The predicted molar refractivity (Wildman–Crippen MR) is 103 cm³/mol. The van der Waals surface area contributed by atoms with E-state index in [0.717, 1.165) is 29.4 Å². The molecule has 1 saturated heterocycles. The summed E-state index contributed by atoms with van der Waals surface area (Å²) in [7, 11) is 1.76. The molecule has 1 aromatic carbocycles. The van der Waals surface area contributed by atoms with Crippen molar-refractivity contribution in [1.29, 1.82) is 0 Å². The quantitative estimate of drug-likeness (QED) is 0.848. The maximum Gasteiger partial charge on any atom is 0.317 e. The minimum Gasteiger partial charge on any atom is -0.343 e. The first-order valence-electron chi connectivity index (χ1n) is 8.83. The second kappa shape index (κ2) is 8.31. The maximum absolute atomic E-state index is 12.3. The van der Waals surface area contributed by atoms with Gasteiger partial charge in [0.15, 0.2) is 0 Å². The standard InChI is InChI=1S/C19H24N4O2S/c1-3-23-11-14(9-17(23)24)10-20-19(25)22(2)12-16-13-26-18(21-16)15-7-5-4-6-8-15/h4-8,13-14H,3,9-12H2,1-2H3,(H,20,25)/t14-/m0/s1. The Balaban J connectivity index is 1.49. The molecule has 3 rings (SSSR count). The van der Waals surface area contributed by atoms with Crippen molar-refractivity contribution in [1.82, 2.24) is 20.1 Å². The van der Waals surface area contributed by atoms with Crippen molar-refractivity contribution >= 4 is 23.3 Å². The zero-order valence-corrected chi connectivity index (χ0v) is 16.0. The van der Waals surface area contributed by atoms with Crippen LogP contribution in [0.25, 0.3) is 10.6 Å². The van der Waals surface area contributed by atoms with Gasteiger partial charge in [0.05, 0.1) is 12.2 Å². The molecular formula is C19H24N4O2S. The highest BCUT2D eigenvalue weighted by atomic mass is 32.1. The van der Waals surface area contributed by atoms with E-state index in [4.69, 9.17) is 0 Å². The summed E-state index contributed by atoms with van der Waals surface area (Å²) >= 11 is 1.58. The third kappa shape index (κ3) is 4.40. The lowest BCUT2D eigenvalue weighted by Gasteiger charge is -2.19. The van der Waals surface area contributed by atoms with Crippen LogP contribution in [0.4, 0.5) is 4.79 Å². The number of rotatable bonds is 6. The first-order valence-corrected chi connectivity index (χ1v) is 9.71. The van der Waals surface area contributed by atoms with E-state index in [1.54, 1.807) is 23.3 Å². The summed E-state index contributed by atoms with van der Waals surface area (Å²) < 4.78 is 0. The lowest BCUT2D eigenvalue weighted by atomic mass is 10.1. The molecule has 0 saturated carbocycles. The van der Waals surface area contributed by atoms with E-state index < -0.39 is 0 Å². The van der Waals surface area contributed by atoms with E-state index >= 15 is 0 Å². The number of nitrogens with zero attached hydrogens (tertiary/aromatic N) is 3. The number of hydrogen-bond acceptors (Lipinski definition) is 4. The zero-order chi connectivity index (χ0) is 18.5. The average molecular weight is 372 g/mol. The van der Waals surface area contributed by atoms with Crippen LogP contribution in [0.5, 0.6) is 0 Å². The molecule has 6 nitrogen and oxygen atoms in total. The number of nitrogens with one attached hydrogen (secondary N) is 1. The van der Waals surface area contributed by atoms with Gasteiger partial charge in [0.25, 0.3) is 0 Å². The molecule has 1 aromatic heterocycles. The number of carbonyl (C=O) groups excluding carboxylic acids is 2. The van der Waals surface area contributed by atoms with Gasteiger partial charge in [0.2, 0.25) is 5.91 Å². The Kier molecular flexibility index (Phi) is 5.88. The Bertz CT molecular complexity index is 762. The first kappa shape index (κ1) is 18.4. The number of aromatic nitrogens is 1. The second-order valence-corrected chi connectivity index (χ2v) is 7.41. The highest BCUT2D eigenvalue weighted by Gasteiger charge is 2.28. The summed E-state index contributed by atoms with van der Waals surface area (Å²) in [6, 6.07) is 9.88. The number of hydrogen-bond donors (Lipinski definition) is 1. The fourth-order valence-electron chi connectivity index (χ4n) is 3.07. The summed E-state index contributed by atoms with van der Waals surface area (Å²) in [6.45, 7) is 4.42. The van der Waals surface area contributed by atoms with Crippen molar-refractivity contribution in [2.75, 3.05) is 26.7 Å². The van der Waals surface area contributed by atoms with Gasteiger partial charge in [0.1, 0.15) is 5.01 Å². The molecule has 138 valence electrons. The van der Waals surface area contributed by atoms with Crippen molar-refractivity contribution in [2.45, 2.75) is 19.9 Å². The summed E-state index contributed by atoms with van der Waals surface area (Å²) in [4.78, 5) is 32.1. The molecule has 3 amide bonds. The summed E-state index contributed by atoms with van der Waals surface area (Å²) in [6.07, 6.45) is 0.518. The normalized spacial score (nSPS) is 16.8. The van der Waals surface area contributed by atoms with Crippen molar-refractivity contribution in [3.63, 3.8) is 0 Å². The summed E-state index contributed by atoms with van der Waals surface area (Å²) in [5.74, 6) is 0.375. The Morgan fingerprint density at radius 2 is 2.15 bits per heavy atom. The average Bonchev–Trinajstić information content (AvgIpc) is 3.26. The maximum atomic E-state index is 12.3. The van der Waals surface area contributed by atoms with E-state index in [1.165, 1.54) is 0 Å². The molecule has 2 heterocycles. The molecule has 1 atom stereocenters. The number of thiazole rings is 1. The van der Waals surface area contributed by atoms with E-state index in [-0.39, 0.29) is 17.9 Å². The molecule has 1 fully saturated rings. The van der Waals surface area contributed by atoms with Crippen LogP contribution in [0, 0.1) is 5.92 Å². The Labute approximate surface area is 157 Å². The van der Waals surface area contributed by atoms with Crippen molar-refractivity contribution in [3.8, 4) is 10.6 Å². The van der Waals surface area contributed by atoms with E-state index in [2.05, 4.69) is 10.3 Å². The van der Waals surface area contributed by atoms with Gasteiger partial charge in [-0.2, -0.15) is 0 Å². The molecule has 2 aromatic rings. The van der Waals surface area contributed by atoms with Crippen LogP contribution in [-0.2, 0) is 11.3 Å². The molecule has 0 aliphatic carbocycles. The topological polar surface area (TPSA) is 65.5 Å². The molecular weight excluding hydrogens is 348 g/mol. The largest absolute Gasteiger partial charge is 0.343 e. The molecule has 26 heavy (non-hydrogen) atoms. The van der Waals surface area contributed by atoms with Crippen LogP contribution < -0.4 is 5.32 Å². The van der Waals surface area contributed by atoms with E-state index in [9.17, 15) is 9.59 Å². The van der Waals surface area contributed by atoms with Gasteiger partial charge < -0.3 is 15.1 Å². The summed E-state index contributed by atoms with van der Waals surface area (Å²) in [5, 5.41) is 5.88. The van der Waals surface area contributed by atoms with Gasteiger partial charge in [0, 0.05) is 50.0 Å². The summed E-state index contributed by atoms with van der Waals surface area (Å²) in [5.41, 5.74) is 1.96. The number of carbonyl (C=O) groups is 2. The number of amides is 3. The molecule has 1 aliphatic heterocycles. The van der Waals surface area contributed by atoms with Crippen molar-refractivity contribution < 1.29 is 9.59 Å². The zero-order valence-electron chi connectivity index (χ0n) is 15.1. The monoisotopic (exact) mass is 372 g/mol.